The number of nitrogens with one attached hydrogen (secondary N) is 2. The van der Waals surface area contributed by atoms with Crippen LogP contribution in [0.25, 0.3) is 10.8 Å². The van der Waals surface area contributed by atoms with Crippen LogP contribution in [-0.4, -0.2) is 21.6 Å². The van der Waals surface area contributed by atoms with Gasteiger partial charge in [0.15, 0.2) is 11.5 Å². The number of rotatable bonds is 9. The fourth-order valence-electron chi connectivity index (χ4n) is 3.62. The van der Waals surface area contributed by atoms with Crippen LogP contribution in [0.5, 0.6) is 5.75 Å². The zero-order valence-corrected chi connectivity index (χ0v) is 19.3. The van der Waals surface area contributed by atoms with Gasteiger partial charge in [-0.05, 0) is 30.7 Å². The number of aromatic nitrogens is 2. The fourth-order valence-corrected chi connectivity index (χ4v) is 3.62. The third-order valence-corrected chi connectivity index (χ3v) is 5.44. The van der Waals surface area contributed by atoms with Gasteiger partial charge in [-0.2, -0.15) is 5.10 Å². The number of hydrogen-bond acceptors (Lipinski definition) is 6. The second kappa shape index (κ2) is 11.1. The quantitative estimate of drug-likeness (QED) is 0.281. The number of hydrogen-bond donors (Lipinski definition) is 2. The number of benzene rings is 2. The predicted molar refractivity (Wildman–Crippen MR) is 130 cm³/mol. The van der Waals surface area contributed by atoms with E-state index in [1.165, 1.54) is 10.9 Å². The molecule has 0 aliphatic heterocycles. The maximum absolute atomic E-state index is 13.0. The Bertz CT molecular complexity index is 1380. The van der Waals surface area contributed by atoms with Crippen molar-refractivity contribution >= 4 is 22.6 Å². The van der Waals surface area contributed by atoms with Crippen molar-refractivity contribution in [3.8, 4) is 5.75 Å². The first kappa shape index (κ1) is 23.7. The molecule has 0 atom stereocenters. The monoisotopic (exact) mass is 474 g/mol. The highest BCUT2D eigenvalue weighted by molar-refractivity contribution is 6.05. The molecule has 9 nitrogen and oxygen atoms in total. The van der Waals surface area contributed by atoms with Crippen LogP contribution in [0.4, 0.5) is 0 Å². The van der Waals surface area contributed by atoms with Crippen molar-refractivity contribution in [1.82, 2.24) is 20.6 Å². The molecule has 2 aromatic carbocycles. The molecule has 2 heterocycles. The van der Waals surface area contributed by atoms with Gasteiger partial charge in [0.1, 0.15) is 12.4 Å². The number of carbonyl (C=O) groups is 2. The molecule has 0 unspecified atom stereocenters. The third kappa shape index (κ3) is 5.57. The molecule has 2 aromatic heterocycles. The third-order valence-electron chi connectivity index (χ3n) is 5.44. The van der Waals surface area contributed by atoms with Crippen LogP contribution in [0, 0.1) is 0 Å². The van der Waals surface area contributed by atoms with Crippen molar-refractivity contribution in [3.63, 3.8) is 0 Å². The lowest BCUT2D eigenvalue weighted by atomic mass is 10.1. The van der Waals surface area contributed by atoms with Crippen LogP contribution in [0.2, 0.25) is 0 Å². The molecule has 0 spiro atoms. The molecule has 0 aliphatic carbocycles. The summed E-state index contributed by atoms with van der Waals surface area (Å²) in [5.74, 6) is -0.619. The summed E-state index contributed by atoms with van der Waals surface area (Å²) in [5.41, 5.74) is 5.05. The van der Waals surface area contributed by atoms with Gasteiger partial charge < -0.3 is 9.15 Å². The van der Waals surface area contributed by atoms with Gasteiger partial charge in [-0.3, -0.25) is 25.2 Å². The van der Waals surface area contributed by atoms with Crippen LogP contribution >= 0.6 is 0 Å². The predicted octanol–water partition coefficient (Wildman–Crippen LogP) is 3.83. The minimum Gasteiger partial charge on any atom is -0.489 e. The topological polar surface area (TPSA) is 115 Å². The van der Waals surface area contributed by atoms with Gasteiger partial charge in [0.2, 0.25) is 0 Å². The van der Waals surface area contributed by atoms with Crippen molar-refractivity contribution in [1.29, 1.82) is 0 Å². The molecule has 180 valence electrons. The summed E-state index contributed by atoms with van der Waals surface area (Å²) >= 11 is 0. The van der Waals surface area contributed by atoms with Crippen molar-refractivity contribution < 1.29 is 18.7 Å². The number of aryl methyl sites for hydroxylation is 1. The highest BCUT2D eigenvalue weighted by atomic mass is 16.5. The maximum atomic E-state index is 13.0. The van der Waals surface area contributed by atoms with Crippen molar-refractivity contribution in [3.05, 3.63) is 94.3 Å². The Kier molecular flexibility index (Phi) is 7.57. The number of fused-ring (bicyclic) bond motifs is 1. The molecule has 0 saturated carbocycles. The molecule has 35 heavy (non-hydrogen) atoms. The Hall–Kier alpha value is -4.40. The molecule has 4 aromatic rings. The lowest BCUT2D eigenvalue weighted by molar-refractivity contribution is 0.0826. The first-order chi connectivity index (χ1) is 17.1. The van der Waals surface area contributed by atoms with Gasteiger partial charge >= 0.3 is 5.91 Å². The number of amides is 2. The molecule has 0 aliphatic rings. The SMILES string of the molecule is CCCCCn1nc(C(=O)NNC(=O)c2occc2COc2ccccc2)c2ccccc2c1=O. The Morgan fingerprint density at radius 2 is 1.66 bits per heavy atom. The van der Waals surface area contributed by atoms with E-state index in [9.17, 15) is 14.4 Å². The number of furan rings is 1. The van der Waals surface area contributed by atoms with Crippen molar-refractivity contribution in [2.45, 2.75) is 39.3 Å². The molecule has 0 fully saturated rings. The summed E-state index contributed by atoms with van der Waals surface area (Å²) in [4.78, 5) is 38.4. The maximum Gasteiger partial charge on any atom is 0.305 e. The van der Waals surface area contributed by atoms with E-state index in [0.717, 1.165) is 19.3 Å². The molecule has 2 N–H and O–H groups in total. The van der Waals surface area contributed by atoms with Crippen LogP contribution in [0.1, 0.15) is 52.8 Å². The normalized spacial score (nSPS) is 10.8. The summed E-state index contributed by atoms with van der Waals surface area (Å²) in [6, 6.07) is 17.6. The van der Waals surface area contributed by atoms with Gasteiger partial charge in [-0.1, -0.05) is 56.2 Å². The average molecular weight is 475 g/mol. The van der Waals surface area contributed by atoms with Gasteiger partial charge in [0.25, 0.3) is 11.5 Å². The Morgan fingerprint density at radius 3 is 2.43 bits per heavy atom. The number of carbonyl (C=O) groups excluding carboxylic acids is 2. The summed E-state index contributed by atoms with van der Waals surface area (Å²) in [5, 5.41) is 5.09. The molecule has 2 amide bonds. The van der Waals surface area contributed by atoms with E-state index in [4.69, 9.17) is 9.15 Å². The molecule has 0 radical (unpaired) electrons. The summed E-state index contributed by atoms with van der Waals surface area (Å²) in [7, 11) is 0. The molecule has 4 rings (SSSR count). The fraction of sp³-hybridized carbons (Fsp3) is 0.231. The first-order valence-corrected chi connectivity index (χ1v) is 11.4. The smallest absolute Gasteiger partial charge is 0.305 e. The van der Waals surface area contributed by atoms with Gasteiger partial charge in [0, 0.05) is 17.5 Å². The molecule has 0 saturated heterocycles. The van der Waals surface area contributed by atoms with Gasteiger partial charge in [0.05, 0.1) is 11.6 Å². The number of para-hydroxylation sites is 1. The summed E-state index contributed by atoms with van der Waals surface area (Å²) in [6.07, 6.45) is 4.08. The first-order valence-electron chi connectivity index (χ1n) is 11.4. The second-order valence-electron chi connectivity index (χ2n) is 7.91. The summed E-state index contributed by atoms with van der Waals surface area (Å²) < 4.78 is 12.3. The van der Waals surface area contributed by atoms with E-state index in [1.54, 1.807) is 42.5 Å². The summed E-state index contributed by atoms with van der Waals surface area (Å²) in [6.45, 7) is 2.59. The van der Waals surface area contributed by atoms with E-state index in [0.29, 0.717) is 28.6 Å². The highest BCUT2D eigenvalue weighted by Gasteiger charge is 2.20. The van der Waals surface area contributed by atoms with Crippen LogP contribution < -0.4 is 21.1 Å². The van der Waals surface area contributed by atoms with Crippen LogP contribution in [0.3, 0.4) is 0 Å². The van der Waals surface area contributed by atoms with Crippen LogP contribution in [-0.2, 0) is 13.2 Å². The minimum absolute atomic E-state index is 0.0172. The minimum atomic E-state index is -0.646. The number of hydrazine groups is 1. The van der Waals surface area contributed by atoms with Gasteiger partial charge in [-0.15, -0.1) is 0 Å². The number of nitrogens with zero attached hydrogens (tertiary/aromatic N) is 2. The molecular formula is C26H26N4O5. The number of unbranched alkanes of at least 4 members (excludes halogenated alkanes) is 2. The average Bonchev–Trinajstić information content (AvgIpc) is 3.37. The second-order valence-corrected chi connectivity index (χ2v) is 7.91. The van der Waals surface area contributed by atoms with Crippen molar-refractivity contribution in [2.24, 2.45) is 0 Å². The highest BCUT2D eigenvalue weighted by Crippen LogP contribution is 2.16. The molecular weight excluding hydrogens is 448 g/mol. The van der Waals surface area contributed by atoms with Gasteiger partial charge in [-0.25, -0.2) is 4.68 Å². The van der Waals surface area contributed by atoms with Crippen LogP contribution in [0.15, 0.2) is 76.1 Å². The zero-order chi connectivity index (χ0) is 24.6. The van der Waals surface area contributed by atoms with E-state index in [-0.39, 0.29) is 23.6 Å². The molecule has 0 bridgehead atoms. The molecule has 9 heteroatoms. The zero-order valence-electron chi connectivity index (χ0n) is 19.3. The Balaban J connectivity index is 1.47. The lowest BCUT2D eigenvalue weighted by Gasteiger charge is -2.12. The number of ether oxygens (including phenoxy) is 1. The Labute approximate surface area is 201 Å². The Morgan fingerprint density at radius 1 is 0.943 bits per heavy atom. The van der Waals surface area contributed by atoms with E-state index < -0.39 is 11.8 Å². The van der Waals surface area contributed by atoms with E-state index in [1.807, 2.05) is 18.2 Å². The van der Waals surface area contributed by atoms with Crippen molar-refractivity contribution in [2.75, 3.05) is 0 Å². The standard InChI is InChI=1S/C26H26N4O5/c1-2-3-9-15-30-26(33)21-13-8-7-12-20(21)22(29-30)24(31)27-28-25(32)23-18(14-16-34-23)17-35-19-10-5-4-6-11-19/h4-8,10-14,16H,2-3,9,15,17H2,1H3,(H,27,31)(H,28,32). The lowest BCUT2D eigenvalue weighted by Crippen LogP contribution is -2.43. The van der Waals surface area contributed by atoms with E-state index in [2.05, 4.69) is 22.9 Å². The van der Waals surface area contributed by atoms with E-state index >= 15 is 0 Å². The largest absolute Gasteiger partial charge is 0.489 e.